The number of nitrogens with zero attached hydrogens (tertiary/aromatic N) is 1. The highest BCUT2D eigenvalue weighted by atomic mass is 35.5. The summed E-state index contributed by atoms with van der Waals surface area (Å²) < 4.78 is 36.9. The van der Waals surface area contributed by atoms with Crippen LogP contribution >= 0.6 is 23.2 Å². The monoisotopic (exact) mass is 345 g/mol. The molecule has 0 spiro atoms. The average molecular weight is 346 g/mol. The Balaban J connectivity index is 0.000000621. The second kappa shape index (κ2) is 8.82. The van der Waals surface area contributed by atoms with Gasteiger partial charge < -0.3 is 16.2 Å². The molecule has 0 aliphatic rings. The molecule has 0 aliphatic carbocycles. The van der Waals surface area contributed by atoms with Crippen LogP contribution in [0.25, 0.3) is 0 Å². The molecule has 0 aliphatic heterocycles. The number of hydrogen-bond donors (Lipinski definition) is 4. The Labute approximate surface area is 125 Å². The number of benzene rings is 1. The molecule has 0 atom stereocenters. The van der Waals surface area contributed by atoms with Gasteiger partial charge >= 0.3 is 10.4 Å². The number of guanidine groups is 1. The third kappa shape index (κ3) is 11.8. The maximum atomic E-state index is 8.74. The van der Waals surface area contributed by atoms with E-state index < -0.39 is 10.4 Å². The molecule has 114 valence electrons. The van der Waals surface area contributed by atoms with Gasteiger partial charge in [-0.15, -0.1) is 0 Å². The predicted octanol–water partition coefficient (Wildman–Crippen LogP) is 0.993. The van der Waals surface area contributed by atoms with Crippen LogP contribution in [0.1, 0.15) is 0 Å². The molecular formula is C9H13Cl2N3O5S. The summed E-state index contributed by atoms with van der Waals surface area (Å²) in [5.74, 6) is 0.604. The van der Waals surface area contributed by atoms with E-state index in [2.05, 4.69) is 4.99 Å². The molecule has 0 fully saturated rings. The minimum Gasteiger partial charge on any atom is -0.490 e. The third-order valence-electron chi connectivity index (χ3n) is 1.54. The lowest BCUT2D eigenvalue weighted by Crippen LogP contribution is -2.23. The van der Waals surface area contributed by atoms with E-state index in [1.54, 1.807) is 18.2 Å². The number of halogens is 2. The van der Waals surface area contributed by atoms with Crippen LogP contribution in [0.15, 0.2) is 23.2 Å². The van der Waals surface area contributed by atoms with E-state index in [1.807, 2.05) is 0 Å². The van der Waals surface area contributed by atoms with Crippen LogP contribution in [0.2, 0.25) is 10.0 Å². The maximum Gasteiger partial charge on any atom is 0.394 e. The summed E-state index contributed by atoms with van der Waals surface area (Å²) in [7, 11) is -4.67. The minimum atomic E-state index is -4.67. The summed E-state index contributed by atoms with van der Waals surface area (Å²) in [5, 5.41) is 1.03. The van der Waals surface area contributed by atoms with E-state index in [-0.39, 0.29) is 5.96 Å². The van der Waals surface area contributed by atoms with Crippen molar-refractivity contribution in [1.29, 1.82) is 0 Å². The first-order chi connectivity index (χ1) is 9.09. The number of aliphatic imine (C=N–C) groups is 1. The summed E-state index contributed by atoms with van der Waals surface area (Å²) in [5.41, 5.74) is 10.3. The van der Waals surface area contributed by atoms with Crippen LogP contribution in [0, 0.1) is 0 Å². The maximum absolute atomic E-state index is 8.74. The minimum absolute atomic E-state index is 0.0424. The molecule has 0 amide bonds. The molecule has 0 saturated heterocycles. The Bertz CT molecular complexity index is 553. The molecule has 11 heteroatoms. The third-order valence-corrected chi connectivity index (χ3v) is 2.07. The van der Waals surface area contributed by atoms with Gasteiger partial charge in [0.2, 0.25) is 0 Å². The first kappa shape index (κ1) is 18.7. The van der Waals surface area contributed by atoms with Gasteiger partial charge in [0, 0.05) is 5.02 Å². The van der Waals surface area contributed by atoms with Gasteiger partial charge in [0.1, 0.15) is 12.4 Å². The number of nitrogens with two attached hydrogens (primary N) is 2. The number of hydrogen-bond acceptors (Lipinski definition) is 4. The van der Waals surface area contributed by atoms with Gasteiger partial charge in [-0.25, -0.2) is 0 Å². The zero-order valence-electron chi connectivity index (χ0n) is 10.0. The van der Waals surface area contributed by atoms with Crippen molar-refractivity contribution in [3.63, 3.8) is 0 Å². The predicted molar refractivity (Wildman–Crippen MR) is 76.8 cm³/mol. The SMILES string of the molecule is NC(N)=NCCOc1ccc(Cl)cc1Cl.O=S(=O)(O)O. The molecule has 0 bridgehead atoms. The molecule has 6 N–H and O–H groups in total. The van der Waals surface area contributed by atoms with Gasteiger partial charge in [-0.2, -0.15) is 8.42 Å². The molecule has 1 rings (SSSR count). The van der Waals surface area contributed by atoms with Gasteiger partial charge in [-0.1, -0.05) is 23.2 Å². The van der Waals surface area contributed by atoms with Crippen LogP contribution < -0.4 is 16.2 Å². The van der Waals surface area contributed by atoms with Crippen molar-refractivity contribution in [1.82, 2.24) is 0 Å². The van der Waals surface area contributed by atoms with Crippen LogP contribution in [0.3, 0.4) is 0 Å². The highest BCUT2D eigenvalue weighted by Crippen LogP contribution is 2.27. The van der Waals surface area contributed by atoms with Gasteiger partial charge in [0.15, 0.2) is 5.96 Å². The van der Waals surface area contributed by atoms with Crippen LogP contribution in [-0.4, -0.2) is 36.6 Å². The van der Waals surface area contributed by atoms with E-state index in [9.17, 15) is 0 Å². The topological polar surface area (TPSA) is 148 Å². The summed E-state index contributed by atoms with van der Waals surface area (Å²) in [6.45, 7) is 0.751. The lowest BCUT2D eigenvalue weighted by atomic mass is 10.3. The van der Waals surface area contributed by atoms with E-state index >= 15 is 0 Å². The zero-order valence-corrected chi connectivity index (χ0v) is 12.4. The quantitative estimate of drug-likeness (QED) is 0.275. The fourth-order valence-electron chi connectivity index (χ4n) is 0.923. The smallest absolute Gasteiger partial charge is 0.394 e. The van der Waals surface area contributed by atoms with Crippen molar-refractivity contribution < 1.29 is 22.3 Å². The molecule has 0 saturated carbocycles. The Morgan fingerprint density at radius 1 is 1.30 bits per heavy atom. The molecule has 1 aromatic rings. The van der Waals surface area contributed by atoms with Crippen molar-refractivity contribution in [2.45, 2.75) is 0 Å². The molecule has 0 unspecified atom stereocenters. The van der Waals surface area contributed by atoms with Gasteiger partial charge in [0.05, 0.1) is 11.6 Å². The lowest BCUT2D eigenvalue weighted by Gasteiger charge is -2.06. The first-order valence-electron chi connectivity index (χ1n) is 4.92. The molecule has 1 aromatic carbocycles. The molecule has 20 heavy (non-hydrogen) atoms. The normalized spacial score (nSPS) is 10.2. The fraction of sp³-hybridized carbons (Fsp3) is 0.222. The molecule has 0 radical (unpaired) electrons. The van der Waals surface area contributed by atoms with E-state index in [0.717, 1.165) is 0 Å². The Kier molecular flexibility index (Phi) is 8.26. The number of rotatable bonds is 4. The van der Waals surface area contributed by atoms with Crippen LogP contribution in [-0.2, 0) is 10.4 Å². The van der Waals surface area contributed by atoms with Gasteiger partial charge in [0.25, 0.3) is 0 Å². The molecule has 0 heterocycles. The van der Waals surface area contributed by atoms with Crippen molar-refractivity contribution >= 4 is 39.6 Å². The van der Waals surface area contributed by atoms with Crippen molar-refractivity contribution in [3.8, 4) is 5.75 Å². The highest BCUT2D eigenvalue weighted by Gasteiger charge is 2.01. The number of ether oxygens (including phenoxy) is 1. The average Bonchev–Trinajstić information content (AvgIpc) is 2.24. The summed E-state index contributed by atoms with van der Waals surface area (Å²) >= 11 is 11.6. The molecular weight excluding hydrogens is 333 g/mol. The Hall–Kier alpha value is -1.26. The van der Waals surface area contributed by atoms with Crippen molar-refractivity contribution in [2.24, 2.45) is 16.5 Å². The second-order valence-corrected chi connectivity index (χ2v) is 4.92. The highest BCUT2D eigenvalue weighted by molar-refractivity contribution is 7.79. The standard InChI is InChI=1S/C9H11Cl2N3O.H2O4S/c10-6-1-2-8(7(11)5-6)15-4-3-14-9(12)13;1-5(2,3)4/h1-2,5H,3-4H2,(H4,12,13,14);(H2,1,2,3,4). The van der Waals surface area contributed by atoms with Crippen molar-refractivity contribution in [3.05, 3.63) is 28.2 Å². The van der Waals surface area contributed by atoms with E-state index in [0.29, 0.717) is 28.9 Å². The first-order valence-corrected chi connectivity index (χ1v) is 7.08. The lowest BCUT2D eigenvalue weighted by molar-refractivity contribution is 0.329. The largest absolute Gasteiger partial charge is 0.490 e. The molecule has 0 aromatic heterocycles. The second-order valence-electron chi connectivity index (χ2n) is 3.18. The Morgan fingerprint density at radius 2 is 1.85 bits per heavy atom. The van der Waals surface area contributed by atoms with Crippen LogP contribution in [0.5, 0.6) is 5.75 Å². The van der Waals surface area contributed by atoms with Crippen molar-refractivity contribution in [2.75, 3.05) is 13.2 Å². The van der Waals surface area contributed by atoms with Gasteiger partial charge in [-0.05, 0) is 18.2 Å². The Morgan fingerprint density at radius 3 is 2.30 bits per heavy atom. The fourth-order valence-corrected chi connectivity index (χ4v) is 1.39. The van der Waals surface area contributed by atoms with Gasteiger partial charge in [-0.3, -0.25) is 14.1 Å². The summed E-state index contributed by atoms with van der Waals surface area (Å²) in [4.78, 5) is 3.76. The summed E-state index contributed by atoms with van der Waals surface area (Å²) in [6.07, 6.45) is 0. The summed E-state index contributed by atoms with van der Waals surface area (Å²) in [6, 6.07) is 5.00. The van der Waals surface area contributed by atoms with E-state index in [4.69, 9.17) is 56.9 Å². The zero-order chi connectivity index (χ0) is 15.8. The van der Waals surface area contributed by atoms with Crippen LogP contribution in [0.4, 0.5) is 0 Å². The van der Waals surface area contributed by atoms with E-state index in [1.165, 1.54) is 0 Å². The molecule has 8 nitrogen and oxygen atoms in total.